The Bertz CT molecular complexity index is 620. The van der Waals surface area contributed by atoms with Crippen molar-refractivity contribution in [3.63, 3.8) is 0 Å². The summed E-state index contributed by atoms with van der Waals surface area (Å²) in [7, 11) is 1.94. The zero-order valence-electron chi connectivity index (χ0n) is 12.5. The van der Waals surface area contributed by atoms with Gasteiger partial charge in [-0.2, -0.15) is 0 Å². The summed E-state index contributed by atoms with van der Waals surface area (Å²) in [6.45, 7) is 5.41. The SMILES string of the molecule is CNCc1ccc(COc2c(C)cc(Cl)cc2C)c(Br)c1. The Morgan fingerprint density at radius 1 is 1.14 bits per heavy atom. The molecule has 0 atom stereocenters. The van der Waals surface area contributed by atoms with Crippen LogP contribution in [0.4, 0.5) is 0 Å². The molecule has 1 N–H and O–H groups in total. The molecule has 0 bridgehead atoms. The maximum atomic E-state index is 6.04. The molecule has 0 saturated carbocycles. The predicted molar refractivity (Wildman–Crippen MR) is 92.2 cm³/mol. The van der Waals surface area contributed by atoms with E-state index in [9.17, 15) is 0 Å². The Hall–Kier alpha value is -1.03. The lowest BCUT2D eigenvalue weighted by molar-refractivity contribution is 0.301. The number of benzene rings is 2. The van der Waals surface area contributed by atoms with Gasteiger partial charge in [-0.25, -0.2) is 0 Å². The van der Waals surface area contributed by atoms with Crippen molar-refractivity contribution in [2.45, 2.75) is 27.0 Å². The van der Waals surface area contributed by atoms with Crippen molar-refractivity contribution in [2.24, 2.45) is 0 Å². The summed E-state index contributed by atoms with van der Waals surface area (Å²) in [6, 6.07) is 10.2. The first-order chi connectivity index (χ1) is 10.0. The highest BCUT2D eigenvalue weighted by Crippen LogP contribution is 2.29. The third-order valence-corrected chi connectivity index (χ3v) is 4.25. The van der Waals surface area contributed by atoms with E-state index in [0.717, 1.165) is 38.5 Å². The molecule has 4 heteroatoms. The molecule has 2 nitrogen and oxygen atoms in total. The van der Waals surface area contributed by atoms with Crippen molar-refractivity contribution in [2.75, 3.05) is 7.05 Å². The van der Waals surface area contributed by atoms with Crippen molar-refractivity contribution in [1.82, 2.24) is 5.32 Å². The summed E-state index contributed by atoms with van der Waals surface area (Å²) in [5.41, 5.74) is 4.49. The molecule has 0 aliphatic carbocycles. The number of hydrogen-bond acceptors (Lipinski definition) is 2. The Morgan fingerprint density at radius 2 is 1.81 bits per heavy atom. The number of nitrogens with one attached hydrogen (secondary N) is 1. The highest BCUT2D eigenvalue weighted by molar-refractivity contribution is 9.10. The molecule has 0 saturated heterocycles. The molecule has 0 radical (unpaired) electrons. The van der Waals surface area contributed by atoms with Crippen LogP contribution in [0.3, 0.4) is 0 Å². The monoisotopic (exact) mass is 367 g/mol. The fourth-order valence-corrected chi connectivity index (χ4v) is 3.16. The molecule has 0 unspecified atom stereocenters. The van der Waals surface area contributed by atoms with Gasteiger partial charge in [0.2, 0.25) is 0 Å². The van der Waals surface area contributed by atoms with Crippen LogP contribution in [0.25, 0.3) is 0 Å². The first kappa shape index (κ1) is 16.3. The Kier molecular flexibility index (Phi) is 5.68. The van der Waals surface area contributed by atoms with Gasteiger partial charge in [0, 0.05) is 21.6 Å². The molecule has 2 aromatic rings. The fraction of sp³-hybridized carbons (Fsp3) is 0.294. The standard InChI is InChI=1S/C17H19BrClNO/c1-11-6-15(19)7-12(2)17(11)21-10-14-5-4-13(9-20-3)8-16(14)18/h4-8,20H,9-10H2,1-3H3. The average molecular weight is 369 g/mol. The van der Waals surface area contributed by atoms with Crippen LogP contribution >= 0.6 is 27.5 Å². The van der Waals surface area contributed by atoms with Gasteiger partial charge < -0.3 is 10.1 Å². The van der Waals surface area contributed by atoms with Gasteiger partial charge in [-0.1, -0.05) is 39.7 Å². The minimum absolute atomic E-state index is 0.531. The van der Waals surface area contributed by atoms with Crippen molar-refractivity contribution in [1.29, 1.82) is 0 Å². The lowest BCUT2D eigenvalue weighted by atomic mass is 10.1. The normalized spacial score (nSPS) is 10.7. The first-order valence-electron chi connectivity index (χ1n) is 6.82. The second-order valence-electron chi connectivity index (χ2n) is 5.11. The van der Waals surface area contributed by atoms with Crippen LogP contribution in [0.1, 0.15) is 22.3 Å². The number of rotatable bonds is 5. The maximum Gasteiger partial charge on any atom is 0.125 e. The fourth-order valence-electron chi connectivity index (χ4n) is 2.30. The largest absolute Gasteiger partial charge is 0.488 e. The summed E-state index contributed by atoms with van der Waals surface area (Å²) in [6.07, 6.45) is 0. The Morgan fingerprint density at radius 3 is 2.38 bits per heavy atom. The molecule has 0 aliphatic heterocycles. The van der Waals surface area contributed by atoms with E-state index >= 15 is 0 Å². The summed E-state index contributed by atoms with van der Waals surface area (Å²) < 4.78 is 7.05. The second-order valence-corrected chi connectivity index (χ2v) is 6.40. The molecule has 112 valence electrons. The van der Waals surface area contributed by atoms with Crippen LogP contribution in [0.5, 0.6) is 5.75 Å². The third kappa shape index (κ3) is 4.22. The first-order valence-corrected chi connectivity index (χ1v) is 8.00. The number of halogens is 2. The molecule has 2 rings (SSSR count). The molecule has 0 aliphatic rings. The highest BCUT2D eigenvalue weighted by Gasteiger charge is 2.08. The van der Waals surface area contributed by atoms with Gasteiger partial charge in [0.05, 0.1) is 0 Å². The zero-order valence-corrected chi connectivity index (χ0v) is 14.8. The highest BCUT2D eigenvalue weighted by atomic mass is 79.9. The van der Waals surface area contributed by atoms with E-state index in [1.807, 2.05) is 33.0 Å². The van der Waals surface area contributed by atoms with E-state index in [0.29, 0.717) is 6.61 Å². The number of hydrogen-bond donors (Lipinski definition) is 1. The van der Waals surface area contributed by atoms with Crippen molar-refractivity contribution in [3.8, 4) is 5.75 Å². The van der Waals surface area contributed by atoms with E-state index in [4.69, 9.17) is 16.3 Å². The smallest absolute Gasteiger partial charge is 0.125 e. The van der Waals surface area contributed by atoms with Gasteiger partial charge >= 0.3 is 0 Å². The molecule has 0 spiro atoms. The minimum atomic E-state index is 0.531. The summed E-state index contributed by atoms with van der Waals surface area (Å²) in [5, 5.41) is 3.89. The molecule has 0 heterocycles. The Balaban J connectivity index is 2.13. The van der Waals surface area contributed by atoms with Crippen LogP contribution in [-0.2, 0) is 13.2 Å². The lowest BCUT2D eigenvalue weighted by Crippen LogP contribution is -2.06. The van der Waals surface area contributed by atoms with Crippen molar-refractivity contribution >= 4 is 27.5 Å². The van der Waals surface area contributed by atoms with Gasteiger partial charge in [0.25, 0.3) is 0 Å². The zero-order chi connectivity index (χ0) is 15.4. The lowest BCUT2D eigenvalue weighted by Gasteiger charge is -2.14. The second kappa shape index (κ2) is 7.30. The van der Waals surface area contributed by atoms with Crippen molar-refractivity contribution < 1.29 is 4.74 Å². The summed E-state index contributed by atoms with van der Waals surface area (Å²) in [5.74, 6) is 0.908. The topological polar surface area (TPSA) is 21.3 Å². The van der Waals surface area contributed by atoms with Gasteiger partial charge in [0.1, 0.15) is 12.4 Å². The molecule has 0 amide bonds. The minimum Gasteiger partial charge on any atom is -0.488 e. The van der Waals surface area contributed by atoms with Gasteiger partial charge in [-0.3, -0.25) is 0 Å². The van der Waals surface area contributed by atoms with E-state index in [-0.39, 0.29) is 0 Å². The molecular weight excluding hydrogens is 350 g/mol. The van der Waals surface area contributed by atoms with Crippen LogP contribution < -0.4 is 10.1 Å². The van der Waals surface area contributed by atoms with Crippen molar-refractivity contribution in [3.05, 3.63) is 62.1 Å². The summed E-state index contributed by atoms with van der Waals surface area (Å²) in [4.78, 5) is 0. The van der Waals surface area contributed by atoms with Gasteiger partial charge in [-0.15, -0.1) is 0 Å². The summed E-state index contributed by atoms with van der Waals surface area (Å²) >= 11 is 9.65. The molecule has 21 heavy (non-hydrogen) atoms. The van der Waals surface area contributed by atoms with E-state index in [1.54, 1.807) is 0 Å². The van der Waals surface area contributed by atoms with Gasteiger partial charge in [-0.05, 0) is 55.8 Å². The van der Waals surface area contributed by atoms with Gasteiger partial charge in [0.15, 0.2) is 0 Å². The number of ether oxygens (including phenoxy) is 1. The molecule has 2 aromatic carbocycles. The van der Waals surface area contributed by atoms with E-state index in [2.05, 4.69) is 39.4 Å². The quantitative estimate of drug-likeness (QED) is 0.800. The predicted octanol–water partition coefficient (Wildman–Crippen LogP) is 5.02. The van der Waals surface area contributed by atoms with E-state index < -0.39 is 0 Å². The molecular formula is C17H19BrClNO. The number of aryl methyl sites for hydroxylation is 2. The Labute approximate surface area is 139 Å². The van der Waals surface area contributed by atoms with Crippen LogP contribution in [0, 0.1) is 13.8 Å². The average Bonchev–Trinajstić information content (AvgIpc) is 2.40. The molecule has 0 fully saturated rings. The molecule has 0 aromatic heterocycles. The van der Waals surface area contributed by atoms with Crippen LogP contribution in [0.15, 0.2) is 34.8 Å². The van der Waals surface area contributed by atoms with E-state index in [1.165, 1.54) is 5.56 Å². The maximum absolute atomic E-state index is 6.04. The van der Waals surface area contributed by atoms with Crippen LogP contribution in [-0.4, -0.2) is 7.05 Å². The third-order valence-electron chi connectivity index (χ3n) is 3.30. The van der Waals surface area contributed by atoms with Crippen LogP contribution in [0.2, 0.25) is 5.02 Å².